The zero-order valence-corrected chi connectivity index (χ0v) is 10.7. The summed E-state index contributed by atoms with van der Waals surface area (Å²) in [5.74, 6) is 1.20. The Hall–Kier alpha value is -2.29. The number of carbonyl (C=O) groups excluding carboxylic acids is 1. The number of fused-ring (bicyclic) bond motifs is 1. The molecule has 0 bridgehead atoms. The molecule has 0 saturated heterocycles. The topological polar surface area (TPSA) is 35.5 Å². The van der Waals surface area contributed by atoms with Gasteiger partial charge in [-0.15, -0.1) is 0 Å². The molecule has 3 rings (SSSR count). The third-order valence-corrected chi connectivity index (χ3v) is 3.14. The first-order valence-corrected chi connectivity index (χ1v) is 6.21. The molecule has 2 aromatic carbocycles. The highest BCUT2D eigenvalue weighted by molar-refractivity contribution is 6.04. The molecule has 1 aliphatic rings. The third-order valence-electron chi connectivity index (χ3n) is 3.14. The van der Waals surface area contributed by atoms with Crippen LogP contribution in [-0.4, -0.2) is 12.4 Å². The van der Waals surface area contributed by atoms with Crippen molar-refractivity contribution in [1.82, 2.24) is 0 Å². The van der Waals surface area contributed by atoms with Crippen molar-refractivity contribution in [3.05, 3.63) is 59.2 Å². The summed E-state index contributed by atoms with van der Waals surface area (Å²) in [7, 11) is 0. The Morgan fingerprint density at radius 3 is 2.74 bits per heavy atom. The van der Waals surface area contributed by atoms with E-state index < -0.39 is 0 Å². The molecule has 0 saturated carbocycles. The molecule has 3 heteroatoms. The molecular formula is C16H14O3. The number of rotatable bonds is 3. The van der Waals surface area contributed by atoms with Gasteiger partial charge in [0.15, 0.2) is 6.61 Å². The normalized spacial score (nSPS) is 13.0. The lowest BCUT2D eigenvalue weighted by atomic mass is 10.1. The van der Waals surface area contributed by atoms with Gasteiger partial charge < -0.3 is 9.47 Å². The first-order valence-electron chi connectivity index (χ1n) is 6.21. The Morgan fingerprint density at radius 1 is 1.16 bits per heavy atom. The quantitative estimate of drug-likeness (QED) is 0.844. The summed E-state index contributed by atoms with van der Waals surface area (Å²) in [4.78, 5) is 11.7. The lowest BCUT2D eigenvalue weighted by Crippen LogP contribution is -2.03. The number of hydrogen-bond acceptors (Lipinski definition) is 3. The van der Waals surface area contributed by atoms with Gasteiger partial charge in [-0.2, -0.15) is 0 Å². The Kier molecular flexibility index (Phi) is 2.95. The van der Waals surface area contributed by atoms with Crippen LogP contribution in [0.2, 0.25) is 0 Å². The minimum atomic E-state index is -0.0190. The predicted molar refractivity (Wildman–Crippen MR) is 71.8 cm³/mol. The van der Waals surface area contributed by atoms with Crippen LogP contribution in [-0.2, 0) is 6.61 Å². The van der Waals surface area contributed by atoms with Crippen LogP contribution < -0.4 is 9.47 Å². The summed E-state index contributed by atoms with van der Waals surface area (Å²) in [5, 5.41) is 0. The average Bonchev–Trinajstić information content (AvgIpc) is 2.81. The van der Waals surface area contributed by atoms with Crippen molar-refractivity contribution in [2.45, 2.75) is 13.5 Å². The first kappa shape index (κ1) is 11.8. The standard InChI is InChI=1S/C16H14O3/c1-11-5-7-12(8-6-11)9-18-14-3-2-4-15-16(14)13(17)10-19-15/h2-8H,9-10H2,1H3. The Bertz CT molecular complexity index is 614. The van der Waals surface area contributed by atoms with Gasteiger partial charge in [0.25, 0.3) is 0 Å². The predicted octanol–water partition coefficient (Wildman–Crippen LogP) is 3.15. The average molecular weight is 254 g/mol. The minimum Gasteiger partial charge on any atom is -0.488 e. The van der Waals surface area contributed by atoms with Crippen LogP contribution in [0.15, 0.2) is 42.5 Å². The fraction of sp³-hybridized carbons (Fsp3) is 0.188. The van der Waals surface area contributed by atoms with Crippen LogP contribution in [0.3, 0.4) is 0 Å². The molecule has 19 heavy (non-hydrogen) atoms. The SMILES string of the molecule is Cc1ccc(COc2cccc3c2C(=O)CO3)cc1. The van der Waals surface area contributed by atoms with Gasteiger partial charge in [0.1, 0.15) is 23.7 Å². The molecule has 0 N–H and O–H groups in total. The maximum Gasteiger partial charge on any atom is 0.207 e. The first-order chi connectivity index (χ1) is 9.24. The largest absolute Gasteiger partial charge is 0.488 e. The molecule has 0 spiro atoms. The maximum atomic E-state index is 11.7. The zero-order chi connectivity index (χ0) is 13.2. The fourth-order valence-electron chi connectivity index (χ4n) is 2.09. The van der Waals surface area contributed by atoms with Gasteiger partial charge in [0, 0.05) is 0 Å². The van der Waals surface area contributed by atoms with Gasteiger partial charge in [0.05, 0.1) is 0 Å². The van der Waals surface area contributed by atoms with Crippen molar-refractivity contribution in [2.75, 3.05) is 6.61 Å². The number of aryl methyl sites for hydroxylation is 1. The second-order valence-electron chi connectivity index (χ2n) is 4.62. The highest BCUT2D eigenvalue weighted by Gasteiger charge is 2.25. The molecule has 2 aromatic rings. The number of Topliss-reactive ketones (excluding diaryl/α,β-unsaturated/α-hetero) is 1. The number of ether oxygens (including phenoxy) is 2. The van der Waals surface area contributed by atoms with E-state index in [1.807, 2.05) is 37.3 Å². The Labute approximate surface area is 111 Å². The number of hydrogen-bond donors (Lipinski definition) is 0. The fourth-order valence-corrected chi connectivity index (χ4v) is 2.09. The van der Waals surface area contributed by atoms with E-state index in [4.69, 9.17) is 9.47 Å². The van der Waals surface area contributed by atoms with Crippen molar-refractivity contribution in [3.8, 4) is 11.5 Å². The van der Waals surface area contributed by atoms with Crippen molar-refractivity contribution in [2.24, 2.45) is 0 Å². The third kappa shape index (κ3) is 2.32. The number of carbonyl (C=O) groups is 1. The lowest BCUT2D eigenvalue weighted by molar-refractivity contribution is 0.0958. The second-order valence-corrected chi connectivity index (χ2v) is 4.62. The van der Waals surface area contributed by atoms with Crippen molar-refractivity contribution in [1.29, 1.82) is 0 Å². The van der Waals surface area contributed by atoms with Crippen molar-refractivity contribution in [3.63, 3.8) is 0 Å². The smallest absolute Gasteiger partial charge is 0.207 e. The van der Waals surface area contributed by atoms with Gasteiger partial charge in [0.2, 0.25) is 5.78 Å². The van der Waals surface area contributed by atoms with Crippen LogP contribution in [0.4, 0.5) is 0 Å². The van der Waals surface area contributed by atoms with E-state index in [1.165, 1.54) is 5.56 Å². The van der Waals surface area contributed by atoms with Crippen molar-refractivity contribution >= 4 is 5.78 Å². The minimum absolute atomic E-state index is 0.0190. The molecule has 1 heterocycles. The summed E-state index contributed by atoms with van der Waals surface area (Å²) in [6.45, 7) is 2.61. The Morgan fingerprint density at radius 2 is 1.95 bits per heavy atom. The number of benzene rings is 2. The van der Waals surface area contributed by atoms with E-state index in [9.17, 15) is 4.79 Å². The van der Waals surface area contributed by atoms with Gasteiger partial charge in [-0.1, -0.05) is 35.9 Å². The highest BCUT2D eigenvalue weighted by Crippen LogP contribution is 2.33. The van der Waals surface area contributed by atoms with Crippen LogP contribution in [0, 0.1) is 6.92 Å². The van der Waals surface area contributed by atoms with E-state index in [1.54, 1.807) is 12.1 Å². The van der Waals surface area contributed by atoms with Gasteiger partial charge >= 0.3 is 0 Å². The van der Waals surface area contributed by atoms with Crippen LogP contribution in [0.25, 0.3) is 0 Å². The molecule has 0 radical (unpaired) electrons. The summed E-state index contributed by atoms with van der Waals surface area (Å²) >= 11 is 0. The summed E-state index contributed by atoms with van der Waals surface area (Å²) in [5.41, 5.74) is 2.86. The van der Waals surface area contributed by atoms with E-state index in [0.717, 1.165) is 5.56 Å². The molecular weight excluding hydrogens is 240 g/mol. The molecule has 0 amide bonds. The van der Waals surface area contributed by atoms with E-state index >= 15 is 0 Å². The van der Waals surface area contributed by atoms with E-state index in [-0.39, 0.29) is 12.4 Å². The van der Waals surface area contributed by atoms with Crippen LogP contribution in [0.5, 0.6) is 11.5 Å². The van der Waals surface area contributed by atoms with Crippen LogP contribution in [0.1, 0.15) is 21.5 Å². The maximum absolute atomic E-state index is 11.7. The van der Waals surface area contributed by atoms with E-state index in [2.05, 4.69) is 0 Å². The van der Waals surface area contributed by atoms with Crippen molar-refractivity contribution < 1.29 is 14.3 Å². The second kappa shape index (κ2) is 4.76. The molecule has 1 aliphatic heterocycles. The Balaban J connectivity index is 1.79. The number of ketones is 1. The van der Waals surface area contributed by atoms with Crippen LogP contribution >= 0.6 is 0 Å². The highest BCUT2D eigenvalue weighted by atomic mass is 16.5. The molecule has 0 atom stereocenters. The van der Waals surface area contributed by atoms with E-state index in [0.29, 0.717) is 23.7 Å². The lowest BCUT2D eigenvalue weighted by Gasteiger charge is -2.09. The molecule has 0 aliphatic carbocycles. The monoisotopic (exact) mass is 254 g/mol. The molecule has 0 fully saturated rings. The summed E-state index contributed by atoms with van der Waals surface area (Å²) < 4.78 is 11.0. The summed E-state index contributed by atoms with van der Waals surface area (Å²) in [6.07, 6.45) is 0. The summed E-state index contributed by atoms with van der Waals surface area (Å²) in [6, 6.07) is 13.6. The molecule has 0 aromatic heterocycles. The van der Waals surface area contributed by atoms with Gasteiger partial charge in [-0.05, 0) is 24.6 Å². The molecule has 0 unspecified atom stereocenters. The molecule has 3 nitrogen and oxygen atoms in total. The van der Waals surface area contributed by atoms with Gasteiger partial charge in [-0.25, -0.2) is 0 Å². The zero-order valence-electron chi connectivity index (χ0n) is 10.7. The molecule has 96 valence electrons. The van der Waals surface area contributed by atoms with Gasteiger partial charge in [-0.3, -0.25) is 4.79 Å².